The van der Waals surface area contributed by atoms with Crippen LogP contribution in [-0.4, -0.2) is 57.4 Å². The summed E-state index contributed by atoms with van der Waals surface area (Å²) in [5, 5.41) is 2.85. The van der Waals surface area contributed by atoms with Crippen molar-refractivity contribution < 1.29 is 27.5 Å². The number of benzene rings is 3. The highest BCUT2D eigenvalue weighted by atomic mass is 32.2. The second-order valence-corrected chi connectivity index (χ2v) is 10.8. The Bertz CT molecular complexity index is 1410. The van der Waals surface area contributed by atoms with Gasteiger partial charge in [-0.2, -0.15) is 4.31 Å². The van der Waals surface area contributed by atoms with Gasteiger partial charge in [-0.3, -0.25) is 9.59 Å². The number of sulfonamides is 1. The molecule has 1 heterocycles. The van der Waals surface area contributed by atoms with Crippen LogP contribution in [0.4, 0.5) is 5.69 Å². The number of ether oxygens (including phenoxy) is 2. The number of aryl methyl sites for hydroxylation is 1. The van der Waals surface area contributed by atoms with E-state index in [1.54, 1.807) is 50.2 Å². The van der Waals surface area contributed by atoms with Gasteiger partial charge in [0.25, 0.3) is 5.91 Å². The van der Waals surface area contributed by atoms with Crippen molar-refractivity contribution in [3.05, 3.63) is 83.9 Å². The monoisotopic (exact) mass is 537 g/mol. The number of hydrogen-bond donors (Lipinski definition) is 1. The number of carbonyl (C=O) groups excluding carboxylic acids is 2. The third-order valence-electron chi connectivity index (χ3n) is 6.28. The van der Waals surface area contributed by atoms with Crippen LogP contribution in [0, 0.1) is 6.92 Å². The number of methoxy groups -OCH3 is 1. The number of amides is 2. The minimum atomic E-state index is -4.05. The zero-order valence-electron chi connectivity index (χ0n) is 21.6. The molecule has 1 aliphatic heterocycles. The summed E-state index contributed by atoms with van der Waals surface area (Å²) in [5.41, 5.74) is 2.16. The summed E-state index contributed by atoms with van der Waals surface area (Å²) >= 11 is 0. The molecule has 0 fully saturated rings. The summed E-state index contributed by atoms with van der Waals surface area (Å²) in [5.74, 6) is -0.268. The quantitative estimate of drug-likeness (QED) is 0.450. The van der Waals surface area contributed by atoms with Crippen LogP contribution < -0.4 is 19.7 Å². The number of fused-ring (bicyclic) bond motifs is 1. The van der Waals surface area contributed by atoms with Crippen LogP contribution >= 0.6 is 0 Å². The lowest BCUT2D eigenvalue weighted by Gasteiger charge is -2.35. The summed E-state index contributed by atoms with van der Waals surface area (Å²) in [6.07, 6.45) is -0.957. The summed E-state index contributed by atoms with van der Waals surface area (Å²) in [7, 11) is -2.64. The highest BCUT2D eigenvalue weighted by molar-refractivity contribution is 7.89. The molecule has 200 valence electrons. The van der Waals surface area contributed by atoms with Crippen molar-refractivity contribution in [3.63, 3.8) is 0 Å². The Morgan fingerprint density at radius 1 is 1.08 bits per heavy atom. The third kappa shape index (κ3) is 5.81. The average Bonchev–Trinajstić information content (AvgIpc) is 2.94. The maximum absolute atomic E-state index is 13.6. The molecule has 38 heavy (non-hydrogen) atoms. The lowest BCUT2D eigenvalue weighted by molar-refractivity contribution is -0.128. The summed E-state index contributed by atoms with van der Waals surface area (Å²) in [6, 6.07) is 21.2. The molecule has 0 aliphatic carbocycles. The Hall–Kier alpha value is -3.89. The number of hydrogen-bond acceptors (Lipinski definition) is 6. The van der Waals surface area contributed by atoms with Crippen LogP contribution in [0.3, 0.4) is 0 Å². The molecule has 3 aromatic carbocycles. The van der Waals surface area contributed by atoms with Crippen LogP contribution in [0.5, 0.6) is 11.5 Å². The fraction of sp³-hybridized carbons (Fsp3) is 0.286. The van der Waals surface area contributed by atoms with Gasteiger partial charge in [0.15, 0.2) is 6.10 Å². The lowest BCUT2D eigenvalue weighted by Crippen LogP contribution is -2.53. The van der Waals surface area contributed by atoms with E-state index in [-0.39, 0.29) is 29.6 Å². The lowest BCUT2D eigenvalue weighted by atomic mass is 10.1. The van der Waals surface area contributed by atoms with Crippen LogP contribution in [-0.2, 0) is 26.2 Å². The van der Waals surface area contributed by atoms with Crippen LogP contribution in [0.1, 0.15) is 18.1 Å². The molecule has 1 atom stereocenters. The van der Waals surface area contributed by atoms with Crippen molar-refractivity contribution in [1.29, 1.82) is 0 Å². The predicted molar refractivity (Wildman–Crippen MR) is 144 cm³/mol. The van der Waals surface area contributed by atoms with Gasteiger partial charge in [-0.25, -0.2) is 8.42 Å². The van der Waals surface area contributed by atoms with Gasteiger partial charge in [0, 0.05) is 13.1 Å². The van der Waals surface area contributed by atoms with Gasteiger partial charge in [-0.1, -0.05) is 55.5 Å². The molecule has 4 rings (SSSR count). The maximum atomic E-state index is 13.6. The summed E-state index contributed by atoms with van der Waals surface area (Å²) in [4.78, 5) is 28.0. The fourth-order valence-corrected chi connectivity index (χ4v) is 5.87. The molecular weight excluding hydrogens is 506 g/mol. The third-order valence-corrected chi connectivity index (χ3v) is 8.22. The standard InChI is InChI=1S/C28H31N3O6S/c1-4-30(38(34,35)26-16-20(2)14-15-24(26)36-3)19-27(32)31-18-25(37-23-13-9-8-12-22(23)31)28(33)29-17-21-10-6-5-7-11-21/h5-16,25H,4,17-19H2,1-3H3,(H,29,33). The highest BCUT2D eigenvalue weighted by Gasteiger charge is 2.36. The largest absolute Gasteiger partial charge is 0.495 e. The Balaban J connectivity index is 1.55. The van der Waals surface area contributed by atoms with Crippen molar-refractivity contribution in [2.45, 2.75) is 31.4 Å². The van der Waals surface area contributed by atoms with Crippen molar-refractivity contribution in [2.24, 2.45) is 0 Å². The van der Waals surface area contributed by atoms with Gasteiger partial charge < -0.3 is 19.7 Å². The van der Waals surface area contributed by atoms with Crippen LogP contribution in [0.2, 0.25) is 0 Å². The van der Waals surface area contributed by atoms with E-state index in [1.807, 2.05) is 30.3 Å². The van der Waals surface area contributed by atoms with E-state index in [1.165, 1.54) is 18.1 Å². The molecule has 0 saturated carbocycles. The minimum Gasteiger partial charge on any atom is -0.495 e. The zero-order valence-corrected chi connectivity index (χ0v) is 22.4. The molecule has 2 amide bonds. The van der Waals surface area contributed by atoms with Crippen LogP contribution in [0.15, 0.2) is 77.7 Å². The molecule has 9 nitrogen and oxygen atoms in total. The zero-order chi connectivity index (χ0) is 27.3. The van der Waals surface area contributed by atoms with Crippen molar-refractivity contribution in [3.8, 4) is 11.5 Å². The number of para-hydroxylation sites is 2. The number of rotatable bonds is 9. The smallest absolute Gasteiger partial charge is 0.263 e. The van der Waals surface area contributed by atoms with E-state index in [0.29, 0.717) is 18.0 Å². The molecule has 1 unspecified atom stereocenters. The number of anilines is 1. The molecule has 0 spiro atoms. The molecule has 1 aliphatic rings. The molecule has 0 radical (unpaired) electrons. The Morgan fingerprint density at radius 2 is 1.79 bits per heavy atom. The van der Waals surface area contributed by atoms with E-state index >= 15 is 0 Å². The SMILES string of the molecule is CCN(CC(=O)N1CC(C(=O)NCc2ccccc2)Oc2ccccc21)S(=O)(=O)c1cc(C)ccc1OC. The van der Waals surface area contributed by atoms with Gasteiger partial charge >= 0.3 is 0 Å². The van der Waals surface area contributed by atoms with E-state index in [0.717, 1.165) is 15.4 Å². The highest BCUT2D eigenvalue weighted by Crippen LogP contribution is 2.34. The van der Waals surface area contributed by atoms with Gasteiger partial charge in [0.2, 0.25) is 15.9 Å². The van der Waals surface area contributed by atoms with Gasteiger partial charge in [0.05, 0.1) is 25.9 Å². The molecular formula is C28H31N3O6S. The first-order valence-corrected chi connectivity index (χ1v) is 13.7. The number of likely N-dealkylation sites (N-methyl/N-ethyl adjacent to an activating group) is 1. The Kier molecular flexibility index (Phi) is 8.33. The second kappa shape index (κ2) is 11.7. The average molecular weight is 538 g/mol. The predicted octanol–water partition coefficient (Wildman–Crippen LogP) is 3.12. The van der Waals surface area contributed by atoms with Gasteiger partial charge in [-0.15, -0.1) is 0 Å². The van der Waals surface area contributed by atoms with E-state index in [4.69, 9.17) is 9.47 Å². The number of nitrogens with zero attached hydrogens (tertiary/aromatic N) is 2. The molecule has 3 aromatic rings. The van der Waals surface area contributed by atoms with Crippen molar-refractivity contribution >= 4 is 27.5 Å². The van der Waals surface area contributed by atoms with Crippen molar-refractivity contribution in [1.82, 2.24) is 9.62 Å². The van der Waals surface area contributed by atoms with Gasteiger partial charge in [-0.05, 0) is 42.3 Å². The molecule has 10 heteroatoms. The van der Waals surface area contributed by atoms with Gasteiger partial charge in [0.1, 0.15) is 16.4 Å². The molecule has 0 aromatic heterocycles. The summed E-state index contributed by atoms with van der Waals surface area (Å²) < 4.78 is 39.4. The molecule has 0 saturated heterocycles. The fourth-order valence-electron chi connectivity index (χ4n) is 4.23. The maximum Gasteiger partial charge on any atom is 0.263 e. The first-order chi connectivity index (χ1) is 18.2. The van der Waals surface area contributed by atoms with Crippen LogP contribution in [0.25, 0.3) is 0 Å². The van der Waals surface area contributed by atoms with E-state index in [2.05, 4.69) is 5.32 Å². The molecule has 0 bridgehead atoms. The minimum absolute atomic E-state index is 0.00445. The first kappa shape index (κ1) is 27.2. The second-order valence-electron chi connectivity index (χ2n) is 8.87. The molecule has 1 N–H and O–H groups in total. The summed E-state index contributed by atoms with van der Waals surface area (Å²) in [6.45, 7) is 3.37. The number of nitrogens with one attached hydrogen (secondary N) is 1. The first-order valence-electron chi connectivity index (χ1n) is 12.3. The Morgan fingerprint density at radius 3 is 2.50 bits per heavy atom. The van der Waals surface area contributed by atoms with Crippen molar-refractivity contribution in [2.75, 3.05) is 31.6 Å². The topological polar surface area (TPSA) is 105 Å². The van der Waals surface area contributed by atoms with E-state index in [9.17, 15) is 18.0 Å². The normalized spacial score (nSPS) is 14.9. The number of carbonyl (C=O) groups is 2. The van der Waals surface area contributed by atoms with E-state index < -0.39 is 28.6 Å². The Labute approximate surface area is 223 Å².